The van der Waals surface area contributed by atoms with Crippen molar-refractivity contribution in [2.45, 2.75) is 19.4 Å². The minimum absolute atomic E-state index is 0.0583. The van der Waals surface area contributed by atoms with Crippen molar-refractivity contribution >= 4 is 34.9 Å². The van der Waals surface area contributed by atoms with E-state index in [4.69, 9.17) is 13.4 Å². The molecule has 1 aromatic carbocycles. The number of hydrogen-bond acceptors (Lipinski definition) is 12. The maximum Gasteiger partial charge on any atom is 0.273 e. The first-order valence-electron chi connectivity index (χ1n) is 15.8. The van der Waals surface area contributed by atoms with E-state index in [9.17, 15) is 14.4 Å². The highest BCUT2D eigenvalue weighted by Crippen LogP contribution is 2.38. The Hall–Kier alpha value is -5.44. The quantitative estimate of drug-likeness (QED) is 0.237. The number of methoxy groups -OCH3 is 1. The van der Waals surface area contributed by atoms with Crippen molar-refractivity contribution in [3.63, 3.8) is 0 Å². The summed E-state index contributed by atoms with van der Waals surface area (Å²) in [5, 5.41) is 19.6. The first-order valence-corrected chi connectivity index (χ1v) is 14.3. The molecule has 232 valence electrons. The van der Waals surface area contributed by atoms with E-state index >= 15 is 0 Å². The van der Waals surface area contributed by atoms with Crippen LogP contribution >= 0.6 is 0 Å². The highest BCUT2D eigenvalue weighted by molar-refractivity contribution is 6.00. The number of aromatic nitrogens is 5. The van der Waals surface area contributed by atoms with E-state index in [2.05, 4.69) is 40.9 Å². The lowest BCUT2D eigenvalue weighted by Crippen LogP contribution is -2.48. The molecule has 0 spiro atoms. The zero-order valence-electron chi connectivity index (χ0n) is 27.3. The Morgan fingerprint density at radius 2 is 1.93 bits per heavy atom. The van der Waals surface area contributed by atoms with Gasteiger partial charge in [0, 0.05) is 61.6 Å². The van der Waals surface area contributed by atoms with Gasteiger partial charge < -0.3 is 30.1 Å². The highest BCUT2D eigenvalue weighted by Gasteiger charge is 2.30. The molecular formula is C30H32N10O5. The minimum atomic E-state index is -2.77. The molecule has 1 saturated heterocycles. The summed E-state index contributed by atoms with van der Waals surface area (Å²) >= 11 is 0. The van der Waals surface area contributed by atoms with Crippen molar-refractivity contribution in [3.8, 4) is 17.2 Å². The van der Waals surface area contributed by atoms with Crippen LogP contribution in [0.15, 0.2) is 53.3 Å². The monoisotopic (exact) mass is 615 g/mol. The normalized spacial score (nSPS) is 16.2. The summed E-state index contributed by atoms with van der Waals surface area (Å²) in [5.74, 6) is -0.389. The van der Waals surface area contributed by atoms with E-state index in [1.54, 1.807) is 47.6 Å². The van der Waals surface area contributed by atoms with Crippen molar-refractivity contribution in [2.75, 3.05) is 50.9 Å². The minimum Gasteiger partial charge on any atom is -0.494 e. The predicted octanol–water partition coefficient (Wildman–Crippen LogP) is 2.34. The number of amides is 3. The second kappa shape index (κ2) is 13.1. The average molecular weight is 616 g/mol. The number of carbonyl (C=O) groups is 3. The number of nitrogens with zero attached hydrogens (tertiary/aromatic N) is 7. The first-order chi connectivity index (χ1) is 23.1. The topological polar surface area (TPSA) is 181 Å². The molecule has 0 atom stereocenters. The Bertz CT molecular complexity index is 1810. The van der Waals surface area contributed by atoms with Crippen LogP contribution in [0.3, 0.4) is 0 Å². The van der Waals surface area contributed by atoms with Crippen molar-refractivity contribution in [2.24, 2.45) is 5.92 Å². The SMILES string of the molecule is [2H]C([2H])([2H])NC(=O)c1nnc(NC(=O)C2CC2)cc1Nc1cccc(-c2nc(CN3CCN(C(=O)c4cccnc4)CC3)no2)c1OC. The van der Waals surface area contributed by atoms with Crippen LogP contribution in [0, 0.1) is 5.92 Å². The molecule has 0 radical (unpaired) electrons. The smallest absolute Gasteiger partial charge is 0.273 e. The molecule has 1 aliphatic carbocycles. The van der Waals surface area contributed by atoms with Crippen LogP contribution in [0.4, 0.5) is 17.2 Å². The van der Waals surface area contributed by atoms with Gasteiger partial charge in [-0.25, -0.2) is 0 Å². The van der Waals surface area contributed by atoms with E-state index in [1.165, 1.54) is 13.2 Å². The van der Waals surface area contributed by atoms with Crippen LogP contribution < -0.4 is 20.7 Å². The molecular weight excluding hydrogens is 580 g/mol. The van der Waals surface area contributed by atoms with Gasteiger partial charge in [-0.2, -0.15) is 4.98 Å². The zero-order chi connectivity index (χ0) is 33.8. The summed E-state index contributed by atoms with van der Waals surface area (Å²) in [6, 6.07) is 9.97. The first kappa shape index (κ1) is 26.0. The van der Waals surface area contributed by atoms with Gasteiger partial charge in [0.15, 0.2) is 23.1 Å². The number of piperazine rings is 1. The lowest BCUT2D eigenvalue weighted by molar-refractivity contribution is -0.117. The molecule has 4 heterocycles. The summed E-state index contributed by atoms with van der Waals surface area (Å²) in [7, 11) is 1.45. The lowest BCUT2D eigenvalue weighted by atomic mass is 10.1. The Morgan fingerprint density at radius 3 is 2.67 bits per heavy atom. The van der Waals surface area contributed by atoms with Gasteiger partial charge in [-0.05, 0) is 37.1 Å². The third-order valence-electron chi connectivity index (χ3n) is 7.44. The summed E-state index contributed by atoms with van der Waals surface area (Å²) < 4.78 is 33.6. The fourth-order valence-corrected chi connectivity index (χ4v) is 4.93. The van der Waals surface area contributed by atoms with Crippen LogP contribution in [-0.2, 0) is 11.3 Å². The van der Waals surface area contributed by atoms with Crippen LogP contribution in [0.2, 0.25) is 0 Å². The van der Waals surface area contributed by atoms with Gasteiger partial charge >= 0.3 is 0 Å². The van der Waals surface area contributed by atoms with Gasteiger partial charge in [-0.3, -0.25) is 24.3 Å². The van der Waals surface area contributed by atoms with Gasteiger partial charge in [0.2, 0.25) is 5.91 Å². The Morgan fingerprint density at radius 1 is 1.09 bits per heavy atom. The molecule has 3 aromatic heterocycles. The van der Waals surface area contributed by atoms with Crippen LogP contribution in [0.25, 0.3) is 11.5 Å². The number of anilines is 3. The number of ether oxygens (including phenoxy) is 1. The highest BCUT2D eigenvalue weighted by atomic mass is 16.5. The fraction of sp³-hybridized carbons (Fsp3) is 0.333. The molecule has 15 heteroatoms. The molecule has 45 heavy (non-hydrogen) atoms. The van der Waals surface area contributed by atoms with Gasteiger partial charge in [0.05, 0.1) is 36.2 Å². The number of carbonyl (C=O) groups excluding carboxylic acids is 3. The van der Waals surface area contributed by atoms with Gasteiger partial charge in [-0.1, -0.05) is 11.2 Å². The maximum atomic E-state index is 12.9. The number of nitrogens with one attached hydrogen (secondary N) is 3. The number of rotatable bonds is 10. The molecule has 2 aliphatic rings. The van der Waals surface area contributed by atoms with Crippen LogP contribution in [0.5, 0.6) is 5.75 Å². The van der Waals surface area contributed by atoms with E-state index in [0.717, 1.165) is 12.8 Å². The van der Waals surface area contributed by atoms with E-state index in [0.29, 0.717) is 55.4 Å². The van der Waals surface area contributed by atoms with Crippen molar-refractivity contribution in [1.82, 2.24) is 40.4 Å². The summed E-state index contributed by atoms with van der Waals surface area (Å²) in [4.78, 5) is 50.5. The summed E-state index contributed by atoms with van der Waals surface area (Å²) in [5.41, 5.74) is 1.12. The van der Waals surface area contributed by atoms with Crippen molar-refractivity contribution < 1.29 is 27.8 Å². The number of hydrogen-bond donors (Lipinski definition) is 3. The van der Waals surface area contributed by atoms with Gasteiger partial charge in [-0.15, -0.1) is 10.2 Å². The molecule has 6 rings (SSSR count). The molecule has 1 aliphatic heterocycles. The summed E-state index contributed by atoms with van der Waals surface area (Å²) in [6.07, 6.45) is 4.74. The molecule has 1 saturated carbocycles. The second-order valence-corrected chi connectivity index (χ2v) is 10.5. The maximum absolute atomic E-state index is 12.9. The number of benzene rings is 1. The summed E-state index contributed by atoms with van der Waals surface area (Å²) in [6.45, 7) is -0.0329. The number of para-hydroxylation sites is 1. The van der Waals surface area contributed by atoms with E-state index in [-0.39, 0.29) is 46.6 Å². The van der Waals surface area contributed by atoms with Crippen molar-refractivity contribution in [3.05, 3.63) is 65.9 Å². The van der Waals surface area contributed by atoms with Crippen LogP contribution in [0.1, 0.15) is 43.6 Å². The molecule has 4 aromatic rings. The molecule has 3 amide bonds. The molecule has 0 bridgehead atoms. The molecule has 15 nitrogen and oxygen atoms in total. The Balaban J connectivity index is 1.18. The fourth-order valence-electron chi connectivity index (χ4n) is 4.93. The van der Waals surface area contributed by atoms with E-state index in [1.807, 2.05) is 5.32 Å². The van der Waals surface area contributed by atoms with Crippen molar-refractivity contribution in [1.29, 1.82) is 0 Å². The predicted molar refractivity (Wildman–Crippen MR) is 162 cm³/mol. The molecule has 2 fully saturated rings. The Labute approximate surface area is 262 Å². The largest absolute Gasteiger partial charge is 0.494 e. The molecule has 3 N–H and O–H groups in total. The average Bonchev–Trinajstić information content (AvgIpc) is 3.83. The van der Waals surface area contributed by atoms with Gasteiger partial charge in [0.1, 0.15) is 0 Å². The number of pyridine rings is 1. The standard InChI is InChI=1S/C30H32N10O5/c1-31-28(42)25-22(15-23(36-37-25)34-27(41)18-8-9-18)33-21-7-3-6-20(26(21)44-2)29-35-24(38-45-29)17-39-11-13-40(14-12-39)30(43)19-5-4-10-32-16-19/h3-7,10,15-16,18H,8-9,11-14,17H2,1-2H3,(H,31,42)(H2,33,34,36,41)/i1D3. The van der Waals surface area contributed by atoms with Gasteiger partial charge in [0.25, 0.3) is 17.7 Å². The van der Waals surface area contributed by atoms with Crippen LogP contribution in [-0.4, -0.2) is 93.1 Å². The Kier molecular flexibility index (Phi) is 7.54. The zero-order valence-corrected chi connectivity index (χ0v) is 24.3. The lowest BCUT2D eigenvalue weighted by Gasteiger charge is -2.34. The third kappa shape index (κ3) is 6.72. The second-order valence-electron chi connectivity index (χ2n) is 10.5. The molecule has 0 unspecified atom stereocenters. The third-order valence-corrected chi connectivity index (χ3v) is 7.44. The van der Waals surface area contributed by atoms with E-state index < -0.39 is 12.9 Å².